The Morgan fingerprint density at radius 1 is 0.811 bits per heavy atom. The number of hydrogen-bond donors (Lipinski definition) is 0. The topological polar surface area (TPSA) is 44.2 Å². The van der Waals surface area contributed by atoms with E-state index < -0.39 is 6.36 Å². The second kappa shape index (κ2) is 12.0. The zero-order valence-corrected chi connectivity index (χ0v) is 20.5. The van der Waals surface area contributed by atoms with Gasteiger partial charge in [0.2, 0.25) is 0 Å². The van der Waals surface area contributed by atoms with E-state index in [1.165, 1.54) is 25.0 Å². The van der Waals surface area contributed by atoms with Gasteiger partial charge < -0.3 is 9.47 Å². The molecular weight excluding hydrogens is 484 g/mol. The third-order valence-corrected chi connectivity index (χ3v) is 6.03. The van der Waals surface area contributed by atoms with Crippen molar-refractivity contribution in [2.45, 2.75) is 51.8 Å². The molecule has 37 heavy (non-hydrogen) atoms. The molecule has 4 rings (SSSR count). The van der Waals surface area contributed by atoms with Crippen LogP contribution in [0.1, 0.15) is 43.7 Å². The van der Waals surface area contributed by atoms with Crippen LogP contribution in [0.5, 0.6) is 11.5 Å². The quantitative estimate of drug-likeness (QED) is 0.151. The monoisotopic (exact) mass is 512 g/mol. The number of hydrogen-bond acceptors (Lipinski definition) is 4. The summed E-state index contributed by atoms with van der Waals surface area (Å²) >= 11 is 0. The molecule has 0 amide bonds. The lowest BCUT2D eigenvalue weighted by molar-refractivity contribution is -0.274. The molecule has 0 unspecified atom stereocenters. The number of ether oxygens (including phenoxy) is 2. The summed E-state index contributed by atoms with van der Waals surface area (Å²) in [4.78, 5) is 8.80. The molecule has 0 N–H and O–H groups in total. The van der Waals surface area contributed by atoms with Crippen LogP contribution < -0.4 is 9.47 Å². The van der Waals surface area contributed by atoms with Crippen molar-refractivity contribution in [2.75, 3.05) is 6.61 Å². The number of nitrogens with zero attached hydrogens (tertiary/aromatic N) is 2. The van der Waals surface area contributed by atoms with Gasteiger partial charge in [-0.15, -0.1) is 13.2 Å². The van der Waals surface area contributed by atoms with Crippen molar-refractivity contribution in [3.8, 4) is 22.9 Å². The van der Waals surface area contributed by atoms with Gasteiger partial charge in [0.05, 0.1) is 19.0 Å². The van der Waals surface area contributed by atoms with Crippen LogP contribution in [-0.2, 0) is 12.8 Å². The van der Waals surface area contributed by atoms with Crippen molar-refractivity contribution in [2.24, 2.45) is 0 Å². The number of aromatic nitrogens is 2. The molecule has 1 aromatic heterocycles. The Hall–Kier alpha value is -3.68. The van der Waals surface area contributed by atoms with Gasteiger partial charge in [0.15, 0.2) is 11.6 Å². The number of alkyl halides is 3. The van der Waals surface area contributed by atoms with E-state index in [4.69, 9.17) is 4.74 Å². The fraction of sp³-hybridized carbons (Fsp3) is 0.310. The first-order valence-electron chi connectivity index (χ1n) is 12.3. The van der Waals surface area contributed by atoms with Gasteiger partial charge in [-0.25, -0.2) is 14.4 Å². The van der Waals surface area contributed by atoms with E-state index in [1.807, 2.05) is 12.1 Å². The molecule has 0 aliphatic rings. The number of unbranched alkanes of at least 4 members (excludes halogenated alkanes) is 3. The average molecular weight is 513 g/mol. The first-order valence-corrected chi connectivity index (χ1v) is 12.3. The van der Waals surface area contributed by atoms with Crippen molar-refractivity contribution >= 4 is 10.8 Å². The van der Waals surface area contributed by atoms with Crippen LogP contribution in [0.15, 0.2) is 67.0 Å². The minimum atomic E-state index is -4.73. The summed E-state index contributed by atoms with van der Waals surface area (Å²) in [6, 6.07) is 14.6. The van der Waals surface area contributed by atoms with E-state index >= 15 is 4.39 Å². The molecule has 0 saturated carbocycles. The van der Waals surface area contributed by atoms with E-state index in [-0.39, 0.29) is 11.6 Å². The molecule has 0 aliphatic carbocycles. The van der Waals surface area contributed by atoms with Crippen LogP contribution in [-0.4, -0.2) is 22.9 Å². The highest BCUT2D eigenvalue weighted by atomic mass is 19.4. The summed E-state index contributed by atoms with van der Waals surface area (Å²) in [5.41, 5.74) is 2.10. The fourth-order valence-corrected chi connectivity index (χ4v) is 4.06. The fourth-order valence-electron chi connectivity index (χ4n) is 4.06. The second-order valence-corrected chi connectivity index (χ2v) is 8.82. The average Bonchev–Trinajstić information content (AvgIpc) is 2.88. The third kappa shape index (κ3) is 7.41. The molecule has 4 nitrogen and oxygen atoms in total. The van der Waals surface area contributed by atoms with Gasteiger partial charge in [-0.05, 0) is 54.0 Å². The Labute approximate surface area is 213 Å². The summed E-state index contributed by atoms with van der Waals surface area (Å²) in [5.74, 6) is 0.563. The van der Waals surface area contributed by atoms with Gasteiger partial charge in [0.25, 0.3) is 0 Å². The molecule has 4 aromatic rings. The summed E-state index contributed by atoms with van der Waals surface area (Å²) in [6.45, 7) is 2.80. The van der Waals surface area contributed by atoms with Gasteiger partial charge in [-0.1, -0.05) is 62.6 Å². The van der Waals surface area contributed by atoms with E-state index in [0.29, 0.717) is 42.0 Å². The molecular formula is C29H28F4N2O2. The van der Waals surface area contributed by atoms with Gasteiger partial charge >= 0.3 is 6.36 Å². The van der Waals surface area contributed by atoms with E-state index in [2.05, 4.69) is 21.6 Å². The Morgan fingerprint density at radius 2 is 1.57 bits per heavy atom. The van der Waals surface area contributed by atoms with Crippen LogP contribution in [0, 0.1) is 5.82 Å². The largest absolute Gasteiger partial charge is 0.573 e. The Balaban J connectivity index is 1.39. The highest BCUT2D eigenvalue weighted by molar-refractivity contribution is 5.87. The Morgan fingerprint density at radius 3 is 2.27 bits per heavy atom. The minimum Gasteiger partial charge on any atom is -0.490 e. The lowest BCUT2D eigenvalue weighted by Crippen LogP contribution is -2.17. The third-order valence-electron chi connectivity index (χ3n) is 6.03. The normalized spacial score (nSPS) is 11.6. The summed E-state index contributed by atoms with van der Waals surface area (Å²) in [5, 5.41) is 1.22. The summed E-state index contributed by atoms with van der Waals surface area (Å²) in [6.07, 6.45) is 3.97. The Bertz CT molecular complexity index is 1310. The summed E-state index contributed by atoms with van der Waals surface area (Å²) < 4.78 is 61.7. The molecule has 0 radical (unpaired) electrons. The zero-order chi connectivity index (χ0) is 26.3. The first kappa shape index (κ1) is 26.4. The molecule has 0 spiro atoms. The van der Waals surface area contributed by atoms with Crippen molar-refractivity contribution in [3.05, 3.63) is 83.9 Å². The molecule has 8 heteroatoms. The van der Waals surface area contributed by atoms with Crippen molar-refractivity contribution in [1.82, 2.24) is 9.97 Å². The maximum atomic E-state index is 15.2. The lowest BCUT2D eigenvalue weighted by Gasteiger charge is -2.10. The van der Waals surface area contributed by atoms with E-state index in [0.717, 1.165) is 29.4 Å². The molecule has 0 aliphatic heterocycles. The number of benzene rings is 3. The lowest BCUT2D eigenvalue weighted by atomic mass is 9.99. The van der Waals surface area contributed by atoms with Crippen molar-refractivity contribution in [3.63, 3.8) is 0 Å². The first-order chi connectivity index (χ1) is 17.8. The number of rotatable bonds is 11. The minimum absolute atomic E-state index is 0.280. The van der Waals surface area contributed by atoms with E-state index in [1.54, 1.807) is 42.7 Å². The van der Waals surface area contributed by atoms with Crippen molar-refractivity contribution in [1.29, 1.82) is 0 Å². The predicted octanol–water partition coefficient (Wildman–Crippen LogP) is 8.08. The molecule has 0 fully saturated rings. The molecule has 0 atom stereocenters. The molecule has 1 heterocycles. The Kier molecular flexibility index (Phi) is 8.58. The van der Waals surface area contributed by atoms with Gasteiger partial charge in [0.1, 0.15) is 11.6 Å². The smallest absolute Gasteiger partial charge is 0.490 e. The van der Waals surface area contributed by atoms with Gasteiger partial charge in [0, 0.05) is 10.9 Å². The molecule has 0 bridgehead atoms. The number of halogens is 4. The van der Waals surface area contributed by atoms with Crippen LogP contribution in [0.2, 0.25) is 0 Å². The van der Waals surface area contributed by atoms with Crippen molar-refractivity contribution < 1.29 is 27.0 Å². The van der Waals surface area contributed by atoms with Crippen LogP contribution in [0.4, 0.5) is 17.6 Å². The SMILES string of the molecule is CCCCCCOc1cnc(-c2ccc3c(F)c(CCc4ccc(OC(F)(F)F)cc4)ccc3c2)nc1. The van der Waals surface area contributed by atoms with Gasteiger partial charge in [-0.2, -0.15) is 0 Å². The van der Waals surface area contributed by atoms with Crippen LogP contribution >= 0.6 is 0 Å². The number of fused-ring (bicyclic) bond motifs is 1. The van der Waals surface area contributed by atoms with Crippen LogP contribution in [0.25, 0.3) is 22.2 Å². The second-order valence-electron chi connectivity index (χ2n) is 8.82. The summed E-state index contributed by atoms with van der Waals surface area (Å²) in [7, 11) is 0. The van der Waals surface area contributed by atoms with E-state index in [9.17, 15) is 13.2 Å². The maximum absolute atomic E-state index is 15.2. The van der Waals surface area contributed by atoms with Crippen LogP contribution in [0.3, 0.4) is 0 Å². The number of aryl methyl sites for hydroxylation is 2. The zero-order valence-electron chi connectivity index (χ0n) is 20.5. The molecule has 194 valence electrons. The molecule has 0 saturated heterocycles. The highest BCUT2D eigenvalue weighted by Crippen LogP contribution is 2.28. The maximum Gasteiger partial charge on any atom is 0.573 e. The predicted molar refractivity (Wildman–Crippen MR) is 135 cm³/mol. The van der Waals surface area contributed by atoms with Gasteiger partial charge in [-0.3, -0.25) is 0 Å². The highest BCUT2D eigenvalue weighted by Gasteiger charge is 2.30. The standard InChI is InChI=1S/C29H28F4N2O2/c1-2-3-4-5-16-36-25-18-34-28(35-19-25)23-12-15-26-22(17-23)11-10-21(27(26)30)9-6-20-7-13-24(14-8-20)37-29(31,32)33/h7-8,10-15,17-19H,2-6,9,16H2,1H3. The molecule has 3 aromatic carbocycles.